The van der Waals surface area contributed by atoms with Crippen molar-refractivity contribution in [3.63, 3.8) is 0 Å². The molecule has 0 saturated heterocycles. The van der Waals surface area contributed by atoms with E-state index in [9.17, 15) is 4.39 Å². The molecule has 2 nitrogen and oxygen atoms in total. The smallest absolute Gasteiger partial charge is 0.124 e. The zero-order chi connectivity index (χ0) is 14.9. The molecule has 0 aliphatic heterocycles. The molecule has 4 heteroatoms. The van der Waals surface area contributed by atoms with E-state index >= 15 is 0 Å². The molecule has 0 saturated carbocycles. The number of rotatable bonds is 3. The van der Waals surface area contributed by atoms with Gasteiger partial charge >= 0.3 is 0 Å². The van der Waals surface area contributed by atoms with Crippen LogP contribution < -0.4 is 11.3 Å². The highest BCUT2D eigenvalue weighted by Crippen LogP contribution is 2.31. The van der Waals surface area contributed by atoms with Gasteiger partial charge in [0.25, 0.3) is 0 Å². The summed E-state index contributed by atoms with van der Waals surface area (Å²) in [5, 5.41) is 0. The first kappa shape index (κ1) is 15.2. The highest BCUT2D eigenvalue weighted by atomic mass is 79.9. The Morgan fingerprint density at radius 3 is 2.25 bits per heavy atom. The molecule has 2 rings (SSSR count). The number of nitrogens with one attached hydrogen (secondary N) is 1. The van der Waals surface area contributed by atoms with Crippen molar-refractivity contribution in [1.82, 2.24) is 5.43 Å². The minimum absolute atomic E-state index is 0.177. The molecule has 0 bridgehead atoms. The second-order valence-electron chi connectivity index (χ2n) is 5.06. The average Bonchev–Trinajstić information content (AvgIpc) is 2.38. The molecule has 0 amide bonds. The Kier molecular flexibility index (Phi) is 4.58. The van der Waals surface area contributed by atoms with Crippen molar-refractivity contribution in [2.45, 2.75) is 26.8 Å². The largest absolute Gasteiger partial charge is 0.271 e. The van der Waals surface area contributed by atoms with E-state index in [1.54, 1.807) is 6.07 Å². The Balaban J connectivity index is 2.55. The molecule has 2 aromatic rings. The molecule has 20 heavy (non-hydrogen) atoms. The van der Waals surface area contributed by atoms with Gasteiger partial charge in [-0.2, -0.15) is 0 Å². The molecular formula is C16H18BrFN2. The predicted octanol–water partition coefficient (Wildman–Crippen LogP) is 4.07. The summed E-state index contributed by atoms with van der Waals surface area (Å²) in [4.78, 5) is 0. The molecule has 1 atom stereocenters. The van der Waals surface area contributed by atoms with E-state index in [4.69, 9.17) is 5.84 Å². The van der Waals surface area contributed by atoms with Crippen molar-refractivity contribution in [3.8, 4) is 0 Å². The number of benzene rings is 2. The van der Waals surface area contributed by atoms with Gasteiger partial charge in [-0.1, -0.05) is 34.1 Å². The summed E-state index contributed by atoms with van der Waals surface area (Å²) in [6, 6.07) is 8.75. The van der Waals surface area contributed by atoms with E-state index in [-0.39, 0.29) is 11.9 Å². The fourth-order valence-corrected chi connectivity index (χ4v) is 2.96. The SMILES string of the molecule is Cc1cc(C)c(C(NN)c2ccc(F)cc2Br)cc1C. The summed E-state index contributed by atoms with van der Waals surface area (Å²) in [6.45, 7) is 6.22. The average molecular weight is 337 g/mol. The molecule has 2 aromatic carbocycles. The zero-order valence-electron chi connectivity index (χ0n) is 11.8. The molecule has 0 aliphatic rings. The van der Waals surface area contributed by atoms with Gasteiger partial charge in [-0.3, -0.25) is 5.84 Å². The van der Waals surface area contributed by atoms with Gasteiger partial charge in [-0.25, -0.2) is 9.82 Å². The molecule has 0 heterocycles. The van der Waals surface area contributed by atoms with Crippen molar-refractivity contribution >= 4 is 15.9 Å². The van der Waals surface area contributed by atoms with Crippen molar-refractivity contribution in [1.29, 1.82) is 0 Å². The second kappa shape index (κ2) is 6.04. The molecule has 0 spiro atoms. The zero-order valence-corrected chi connectivity index (χ0v) is 13.4. The lowest BCUT2D eigenvalue weighted by molar-refractivity contribution is 0.611. The normalized spacial score (nSPS) is 12.5. The number of halogens is 2. The van der Waals surface area contributed by atoms with Crippen LogP contribution >= 0.6 is 15.9 Å². The van der Waals surface area contributed by atoms with E-state index in [1.807, 2.05) is 0 Å². The maximum atomic E-state index is 13.2. The minimum Gasteiger partial charge on any atom is -0.271 e. The molecule has 106 valence electrons. The van der Waals surface area contributed by atoms with E-state index < -0.39 is 0 Å². The molecule has 0 aliphatic carbocycles. The van der Waals surface area contributed by atoms with E-state index in [0.717, 1.165) is 16.7 Å². The Labute approximate surface area is 127 Å². The third kappa shape index (κ3) is 2.92. The van der Waals surface area contributed by atoms with Gasteiger partial charge in [0.1, 0.15) is 5.82 Å². The fraction of sp³-hybridized carbons (Fsp3) is 0.250. The van der Waals surface area contributed by atoms with Crippen LogP contribution in [-0.2, 0) is 0 Å². The Morgan fingerprint density at radius 1 is 1.00 bits per heavy atom. The van der Waals surface area contributed by atoms with E-state index in [0.29, 0.717) is 4.47 Å². The molecule has 0 fully saturated rings. The summed E-state index contributed by atoms with van der Waals surface area (Å²) < 4.78 is 13.9. The standard InChI is InChI=1S/C16H18BrFN2/c1-9-6-11(3)14(7-10(9)2)16(20-19)13-5-4-12(18)8-15(13)17/h4-8,16,20H,19H2,1-3H3. The number of hydrazine groups is 1. The van der Waals surface area contributed by atoms with Gasteiger partial charge in [0.05, 0.1) is 6.04 Å². The maximum Gasteiger partial charge on any atom is 0.124 e. The Morgan fingerprint density at radius 2 is 1.65 bits per heavy atom. The van der Waals surface area contributed by atoms with Crippen molar-refractivity contribution in [3.05, 3.63) is 68.4 Å². The van der Waals surface area contributed by atoms with Crippen LogP contribution in [0.15, 0.2) is 34.8 Å². The van der Waals surface area contributed by atoms with Crippen LogP contribution in [0.5, 0.6) is 0 Å². The van der Waals surface area contributed by atoms with Crippen LogP contribution in [0, 0.1) is 26.6 Å². The summed E-state index contributed by atoms with van der Waals surface area (Å²) >= 11 is 3.41. The van der Waals surface area contributed by atoms with Crippen LogP contribution in [0.4, 0.5) is 4.39 Å². The minimum atomic E-state index is -0.270. The molecular weight excluding hydrogens is 319 g/mol. The summed E-state index contributed by atoms with van der Waals surface area (Å²) in [5.74, 6) is 5.47. The number of hydrogen-bond donors (Lipinski definition) is 2. The first-order chi connectivity index (χ1) is 9.43. The van der Waals surface area contributed by atoms with Crippen LogP contribution in [0.3, 0.4) is 0 Å². The Bertz CT molecular complexity index is 641. The van der Waals surface area contributed by atoms with Gasteiger partial charge in [0.15, 0.2) is 0 Å². The lowest BCUT2D eigenvalue weighted by Crippen LogP contribution is -2.29. The van der Waals surface area contributed by atoms with Gasteiger partial charge < -0.3 is 0 Å². The third-order valence-corrected chi connectivity index (χ3v) is 4.32. The molecule has 3 N–H and O–H groups in total. The fourth-order valence-electron chi connectivity index (χ4n) is 2.38. The monoisotopic (exact) mass is 336 g/mol. The van der Waals surface area contributed by atoms with Crippen LogP contribution in [0.2, 0.25) is 0 Å². The quantitative estimate of drug-likeness (QED) is 0.655. The van der Waals surface area contributed by atoms with E-state index in [2.05, 4.69) is 54.3 Å². The number of nitrogens with two attached hydrogens (primary N) is 1. The van der Waals surface area contributed by atoms with Gasteiger partial charge in [-0.05, 0) is 60.7 Å². The van der Waals surface area contributed by atoms with Crippen molar-refractivity contribution in [2.75, 3.05) is 0 Å². The molecule has 0 aromatic heterocycles. The highest BCUT2D eigenvalue weighted by Gasteiger charge is 2.18. The second-order valence-corrected chi connectivity index (χ2v) is 5.91. The predicted molar refractivity (Wildman–Crippen MR) is 83.9 cm³/mol. The summed E-state index contributed by atoms with van der Waals surface area (Å²) in [6.07, 6.45) is 0. The summed E-state index contributed by atoms with van der Waals surface area (Å²) in [7, 11) is 0. The topological polar surface area (TPSA) is 38.0 Å². The van der Waals surface area contributed by atoms with Gasteiger partial charge in [-0.15, -0.1) is 0 Å². The van der Waals surface area contributed by atoms with E-state index in [1.165, 1.54) is 23.3 Å². The molecule has 0 radical (unpaired) electrons. The first-order valence-electron chi connectivity index (χ1n) is 6.43. The Hall–Kier alpha value is -1.23. The number of hydrogen-bond acceptors (Lipinski definition) is 2. The summed E-state index contributed by atoms with van der Waals surface area (Å²) in [5.41, 5.74) is 8.47. The maximum absolute atomic E-state index is 13.2. The third-order valence-electron chi connectivity index (χ3n) is 3.63. The van der Waals surface area contributed by atoms with Gasteiger partial charge in [0, 0.05) is 4.47 Å². The molecule has 1 unspecified atom stereocenters. The number of aryl methyl sites for hydroxylation is 3. The van der Waals surface area contributed by atoms with Crippen molar-refractivity contribution < 1.29 is 4.39 Å². The van der Waals surface area contributed by atoms with Crippen LogP contribution in [0.25, 0.3) is 0 Å². The van der Waals surface area contributed by atoms with Crippen molar-refractivity contribution in [2.24, 2.45) is 5.84 Å². The van der Waals surface area contributed by atoms with Crippen LogP contribution in [-0.4, -0.2) is 0 Å². The van der Waals surface area contributed by atoms with Gasteiger partial charge in [0.2, 0.25) is 0 Å². The first-order valence-corrected chi connectivity index (χ1v) is 7.22. The highest BCUT2D eigenvalue weighted by molar-refractivity contribution is 9.10. The van der Waals surface area contributed by atoms with Crippen LogP contribution in [0.1, 0.15) is 33.9 Å². The lowest BCUT2D eigenvalue weighted by atomic mass is 9.92. The lowest BCUT2D eigenvalue weighted by Gasteiger charge is -2.21.